The van der Waals surface area contributed by atoms with Gasteiger partial charge in [-0.05, 0) is 12.1 Å². The van der Waals surface area contributed by atoms with E-state index < -0.39 is 5.97 Å². The van der Waals surface area contributed by atoms with Gasteiger partial charge in [0.05, 0.1) is 12.1 Å². The maximum Gasteiger partial charge on any atom is 0.335 e. The largest absolute Gasteiger partial charge is 0.478 e. The van der Waals surface area contributed by atoms with Crippen LogP contribution in [0.2, 0.25) is 0 Å². The summed E-state index contributed by atoms with van der Waals surface area (Å²) in [4.78, 5) is 14.5. The Balaban J connectivity index is 2.62. The van der Waals surface area contributed by atoms with E-state index in [1.165, 1.54) is 18.3 Å². The van der Waals surface area contributed by atoms with Crippen molar-refractivity contribution >= 4 is 11.8 Å². The van der Waals surface area contributed by atoms with Crippen molar-refractivity contribution in [2.24, 2.45) is 0 Å². The molecule has 1 aromatic heterocycles. The molecule has 0 atom stereocenters. The first-order valence-corrected chi connectivity index (χ1v) is 4.24. The maximum atomic E-state index is 10.6. The zero-order valence-electron chi connectivity index (χ0n) is 7.90. The number of nitrogens with zero attached hydrogens (tertiary/aromatic N) is 1. The van der Waals surface area contributed by atoms with Crippen molar-refractivity contribution in [2.45, 2.75) is 0 Å². The highest BCUT2D eigenvalue weighted by molar-refractivity contribution is 5.88. The van der Waals surface area contributed by atoms with Crippen molar-refractivity contribution < 1.29 is 15.0 Å². The smallest absolute Gasteiger partial charge is 0.335 e. The van der Waals surface area contributed by atoms with Crippen LogP contribution in [0.15, 0.2) is 18.3 Å². The molecule has 0 aromatic carbocycles. The molecule has 3 N–H and O–H groups in total. The van der Waals surface area contributed by atoms with Crippen molar-refractivity contribution in [2.75, 3.05) is 18.5 Å². The van der Waals surface area contributed by atoms with Crippen LogP contribution >= 0.6 is 0 Å². The molecule has 1 heterocycles. The second-order valence-electron chi connectivity index (χ2n) is 2.60. The van der Waals surface area contributed by atoms with Gasteiger partial charge in [0.2, 0.25) is 0 Å². The maximum absolute atomic E-state index is 10.6. The first-order valence-electron chi connectivity index (χ1n) is 4.24. The number of nitrogens with one attached hydrogen (secondary N) is 1. The third-order valence-corrected chi connectivity index (χ3v) is 1.57. The fourth-order valence-electron chi connectivity index (χ4n) is 0.913. The number of rotatable bonds is 3. The van der Waals surface area contributed by atoms with Crippen molar-refractivity contribution in [3.63, 3.8) is 0 Å². The van der Waals surface area contributed by atoms with Crippen LogP contribution in [0.1, 0.15) is 10.4 Å². The molecule has 0 saturated heterocycles. The first-order chi connectivity index (χ1) is 7.24. The molecule has 0 unspecified atom stereocenters. The summed E-state index contributed by atoms with van der Waals surface area (Å²) >= 11 is 0. The normalized spacial score (nSPS) is 8.87. The molecule has 5 heteroatoms. The minimum absolute atomic E-state index is 0.169. The molecule has 1 aromatic rings. The lowest BCUT2D eigenvalue weighted by Gasteiger charge is -2.01. The molecule has 0 aliphatic carbocycles. The molecule has 0 fully saturated rings. The Morgan fingerprint density at radius 2 is 2.33 bits per heavy atom. The van der Waals surface area contributed by atoms with Crippen molar-refractivity contribution in [3.8, 4) is 11.8 Å². The third-order valence-electron chi connectivity index (χ3n) is 1.57. The number of carboxylic acid groups (broad SMARTS) is 1. The molecule has 0 aliphatic rings. The first kappa shape index (κ1) is 11.0. The standard InChI is InChI=1S/C10H10N2O3/c13-6-2-1-4-11-9-7-8(10(14)15)3-5-12-9/h3,5,7,13H,4,6H2,(H,11,12)(H,14,15). The van der Waals surface area contributed by atoms with E-state index in [1.807, 2.05) is 0 Å². The zero-order chi connectivity index (χ0) is 11.1. The SMILES string of the molecule is O=C(O)c1ccnc(NCC#CCO)c1. The number of pyridine rings is 1. The van der Waals surface area contributed by atoms with Crippen LogP contribution in [0, 0.1) is 11.8 Å². The van der Waals surface area contributed by atoms with Gasteiger partial charge in [-0.1, -0.05) is 11.8 Å². The third kappa shape index (κ3) is 3.67. The molecule has 0 amide bonds. The Hall–Kier alpha value is -2.06. The average molecular weight is 206 g/mol. The summed E-state index contributed by atoms with van der Waals surface area (Å²) in [5, 5.41) is 19.9. The lowest BCUT2D eigenvalue weighted by molar-refractivity contribution is 0.0697. The number of carbonyl (C=O) groups is 1. The predicted octanol–water partition coefficient (Wildman–Crippen LogP) is 0.187. The molecule has 0 aliphatic heterocycles. The summed E-state index contributed by atoms with van der Waals surface area (Å²) in [6, 6.07) is 2.83. The van der Waals surface area contributed by atoms with Gasteiger partial charge in [0.25, 0.3) is 0 Å². The van der Waals surface area contributed by atoms with Crippen LogP contribution < -0.4 is 5.32 Å². The summed E-state index contributed by atoms with van der Waals surface area (Å²) in [6.45, 7) is 0.126. The zero-order valence-corrected chi connectivity index (χ0v) is 7.90. The van der Waals surface area contributed by atoms with Gasteiger partial charge in [-0.3, -0.25) is 0 Å². The predicted molar refractivity (Wildman–Crippen MR) is 54.5 cm³/mol. The molecule has 1 rings (SSSR count). The van der Waals surface area contributed by atoms with E-state index in [4.69, 9.17) is 10.2 Å². The van der Waals surface area contributed by atoms with Crippen LogP contribution in [0.5, 0.6) is 0 Å². The Labute approximate surface area is 86.8 Å². The van der Waals surface area contributed by atoms with Crippen LogP contribution in [-0.4, -0.2) is 34.3 Å². The van der Waals surface area contributed by atoms with E-state index in [0.717, 1.165) is 0 Å². The minimum atomic E-state index is -0.998. The van der Waals surface area contributed by atoms with Crippen molar-refractivity contribution in [3.05, 3.63) is 23.9 Å². The topological polar surface area (TPSA) is 82.5 Å². The highest BCUT2D eigenvalue weighted by Crippen LogP contribution is 2.05. The van der Waals surface area contributed by atoms with Crippen LogP contribution in [0.3, 0.4) is 0 Å². The number of carboxylic acids is 1. The fourth-order valence-corrected chi connectivity index (χ4v) is 0.913. The van der Waals surface area contributed by atoms with E-state index in [2.05, 4.69) is 22.1 Å². The van der Waals surface area contributed by atoms with Crippen LogP contribution in [-0.2, 0) is 0 Å². The average Bonchev–Trinajstić information content (AvgIpc) is 2.25. The summed E-state index contributed by atoms with van der Waals surface area (Å²) in [5.74, 6) is 4.54. The molecular formula is C10H10N2O3. The number of aromatic carboxylic acids is 1. The van der Waals surface area contributed by atoms with Crippen molar-refractivity contribution in [1.29, 1.82) is 0 Å². The van der Waals surface area contributed by atoms with E-state index in [9.17, 15) is 4.79 Å². The second kappa shape index (κ2) is 5.62. The Morgan fingerprint density at radius 1 is 1.53 bits per heavy atom. The summed E-state index contributed by atoms with van der Waals surface area (Å²) in [6.07, 6.45) is 1.41. The van der Waals surface area contributed by atoms with Crippen LogP contribution in [0.4, 0.5) is 5.82 Å². The van der Waals surface area contributed by atoms with Gasteiger partial charge in [0.1, 0.15) is 12.4 Å². The van der Waals surface area contributed by atoms with E-state index >= 15 is 0 Å². The van der Waals surface area contributed by atoms with Gasteiger partial charge < -0.3 is 15.5 Å². The molecule has 15 heavy (non-hydrogen) atoms. The van der Waals surface area contributed by atoms with E-state index in [0.29, 0.717) is 12.4 Å². The summed E-state index contributed by atoms with van der Waals surface area (Å²) in [5.41, 5.74) is 0.169. The molecule has 0 saturated carbocycles. The molecule has 0 spiro atoms. The van der Waals surface area contributed by atoms with Gasteiger partial charge in [-0.25, -0.2) is 9.78 Å². The molecule has 78 valence electrons. The molecule has 0 radical (unpaired) electrons. The van der Waals surface area contributed by atoms with Crippen LogP contribution in [0.25, 0.3) is 0 Å². The van der Waals surface area contributed by atoms with Gasteiger partial charge >= 0.3 is 5.97 Å². The number of aromatic nitrogens is 1. The quantitative estimate of drug-likeness (QED) is 0.615. The summed E-state index contributed by atoms with van der Waals surface area (Å²) < 4.78 is 0. The molecule has 5 nitrogen and oxygen atoms in total. The number of anilines is 1. The van der Waals surface area contributed by atoms with Gasteiger partial charge in [0.15, 0.2) is 0 Å². The fraction of sp³-hybridized carbons (Fsp3) is 0.200. The highest BCUT2D eigenvalue weighted by atomic mass is 16.4. The van der Waals surface area contributed by atoms with E-state index in [-0.39, 0.29) is 12.2 Å². The molecular weight excluding hydrogens is 196 g/mol. The monoisotopic (exact) mass is 206 g/mol. The number of aliphatic hydroxyl groups excluding tert-OH is 1. The Kier molecular flexibility index (Phi) is 4.13. The van der Waals surface area contributed by atoms with Crippen molar-refractivity contribution in [1.82, 2.24) is 4.98 Å². The van der Waals surface area contributed by atoms with Gasteiger partial charge in [-0.15, -0.1) is 0 Å². The Bertz CT molecular complexity index is 407. The number of hydrogen-bond acceptors (Lipinski definition) is 4. The van der Waals surface area contributed by atoms with Gasteiger partial charge in [0, 0.05) is 6.20 Å². The lowest BCUT2D eigenvalue weighted by atomic mass is 10.2. The lowest BCUT2D eigenvalue weighted by Crippen LogP contribution is -2.03. The number of hydrogen-bond donors (Lipinski definition) is 3. The van der Waals surface area contributed by atoms with E-state index in [1.54, 1.807) is 0 Å². The molecule has 0 bridgehead atoms. The minimum Gasteiger partial charge on any atom is -0.478 e. The Morgan fingerprint density at radius 3 is 3.00 bits per heavy atom. The second-order valence-corrected chi connectivity index (χ2v) is 2.60. The summed E-state index contributed by atoms with van der Waals surface area (Å²) in [7, 11) is 0. The van der Waals surface area contributed by atoms with Gasteiger partial charge in [-0.2, -0.15) is 0 Å². The highest BCUT2D eigenvalue weighted by Gasteiger charge is 2.02. The number of aliphatic hydroxyl groups is 1.